The Morgan fingerprint density at radius 2 is 1.80 bits per heavy atom. The van der Waals surface area contributed by atoms with Crippen LogP contribution in [0.2, 0.25) is 0 Å². The van der Waals surface area contributed by atoms with E-state index in [-0.39, 0.29) is 11.5 Å². The standard InChI is InChI=1S/C27H26N4O3S/c32-25(30-14-16-34-17-15-30)21-9-10-23-24(18-21)29-27(35-19-22-8-4-5-12-28-22)31(26(23)33)13-11-20-6-2-1-3-7-20/h1-10,12,18H,11,13-17,19H2. The molecule has 0 atom stereocenters. The number of pyridine rings is 1. The Morgan fingerprint density at radius 1 is 1.00 bits per heavy atom. The van der Waals surface area contributed by atoms with Crippen LogP contribution >= 0.6 is 11.8 Å². The lowest BCUT2D eigenvalue weighted by atomic mass is 10.1. The van der Waals surface area contributed by atoms with Crippen LogP contribution in [0.15, 0.2) is 82.9 Å². The lowest BCUT2D eigenvalue weighted by Crippen LogP contribution is -2.40. The maximum atomic E-state index is 13.5. The molecule has 35 heavy (non-hydrogen) atoms. The van der Waals surface area contributed by atoms with Gasteiger partial charge in [0.25, 0.3) is 11.5 Å². The van der Waals surface area contributed by atoms with Crippen molar-refractivity contribution >= 4 is 28.6 Å². The van der Waals surface area contributed by atoms with E-state index in [0.717, 1.165) is 17.7 Å². The van der Waals surface area contributed by atoms with Gasteiger partial charge in [-0.05, 0) is 42.3 Å². The van der Waals surface area contributed by atoms with E-state index in [1.54, 1.807) is 33.9 Å². The van der Waals surface area contributed by atoms with E-state index in [1.165, 1.54) is 11.8 Å². The summed E-state index contributed by atoms with van der Waals surface area (Å²) in [5, 5.41) is 1.14. The summed E-state index contributed by atoms with van der Waals surface area (Å²) < 4.78 is 7.10. The first-order chi connectivity index (χ1) is 17.2. The van der Waals surface area contributed by atoms with E-state index in [0.29, 0.717) is 60.2 Å². The van der Waals surface area contributed by atoms with Crippen molar-refractivity contribution in [1.29, 1.82) is 0 Å². The number of thioether (sulfide) groups is 1. The SMILES string of the molecule is O=C(c1ccc2c(=O)n(CCc3ccccc3)c(SCc3ccccn3)nc2c1)N1CCOCC1. The third-order valence-electron chi connectivity index (χ3n) is 6.01. The van der Waals surface area contributed by atoms with Crippen LogP contribution in [0.1, 0.15) is 21.6 Å². The van der Waals surface area contributed by atoms with Crippen molar-refractivity contribution in [2.45, 2.75) is 23.9 Å². The molecule has 0 saturated carbocycles. The molecule has 2 aromatic carbocycles. The van der Waals surface area contributed by atoms with Gasteiger partial charge in [-0.1, -0.05) is 48.2 Å². The van der Waals surface area contributed by atoms with Crippen LogP contribution in [-0.2, 0) is 23.5 Å². The van der Waals surface area contributed by atoms with Crippen molar-refractivity contribution in [3.05, 3.63) is 100 Å². The van der Waals surface area contributed by atoms with Crippen LogP contribution in [0.3, 0.4) is 0 Å². The van der Waals surface area contributed by atoms with Gasteiger partial charge >= 0.3 is 0 Å². The summed E-state index contributed by atoms with van der Waals surface area (Å²) in [5.74, 6) is 0.532. The van der Waals surface area contributed by atoms with Crippen LogP contribution in [-0.4, -0.2) is 51.6 Å². The normalized spacial score (nSPS) is 13.8. The zero-order valence-corrected chi connectivity index (χ0v) is 20.1. The number of amides is 1. The number of ether oxygens (including phenoxy) is 1. The largest absolute Gasteiger partial charge is 0.378 e. The number of nitrogens with zero attached hydrogens (tertiary/aromatic N) is 4. The van der Waals surface area contributed by atoms with Crippen LogP contribution in [0.4, 0.5) is 0 Å². The Labute approximate surface area is 207 Å². The number of fused-ring (bicyclic) bond motifs is 1. The Kier molecular flexibility index (Phi) is 7.20. The van der Waals surface area contributed by atoms with Gasteiger partial charge < -0.3 is 9.64 Å². The molecule has 0 N–H and O–H groups in total. The summed E-state index contributed by atoms with van der Waals surface area (Å²) in [6.45, 7) is 2.73. The van der Waals surface area contributed by atoms with Gasteiger partial charge in [0.15, 0.2) is 5.16 Å². The summed E-state index contributed by atoms with van der Waals surface area (Å²) in [4.78, 5) is 37.6. The van der Waals surface area contributed by atoms with Gasteiger partial charge in [0, 0.05) is 37.1 Å². The van der Waals surface area contributed by atoms with Crippen LogP contribution < -0.4 is 5.56 Å². The molecule has 7 nitrogen and oxygen atoms in total. The Balaban J connectivity index is 1.49. The van der Waals surface area contributed by atoms with Crippen molar-refractivity contribution in [3.8, 4) is 0 Å². The minimum Gasteiger partial charge on any atom is -0.378 e. The van der Waals surface area contributed by atoms with E-state index >= 15 is 0 Å². The number of rotatable bonds is 7. The molecule has 0 radical (unpaired) electrons. The molecule has 5 rings (SSSR count). The summed E-state index contributed by atoms with van der Waals surface area (Å²) in [6.07, 6.45) is 2.48. The molecule has 0 spiro atoms. The third-order valence-corrected chi connectivity index (χ3v) is 7.02. The van der Waals surface area contributed by atoms with Gasteiger partial charge in [0.1, 0.15) is 0 Å². The molecule has 8 heteroatoms. The van der Waals surface area contributed by atoms with Gasteiger partial charge in [-0.15, -0.1) is 0 Å². The number of aryl methyl sites for hydroxylation is 1. The molecule has 2 aromatic heterocycles. The van der Waals surface area contributed by atoms with Crippen molar-refractivity contribution in [2.24, 2.45) is 0 Å². The number of aromatic nitrogens is 3. The Hall–Kier alpha value is -3.49. The number of morpholine rings is 1. The van der Waals surface area contributed by atoms with Gasteiger partial charge in [-0.3, -0.25) is 19.1 Å². The summed E-state index contributed by atoms with van der Waals surface area (Å²) in [5.41, 5.74) is 3.05. The monoisotopic (exact) mass is 486 g/mol. The Bertz CT molecular complexity index is 1370. The first-order valence-electron chi connectivity index (χ1n) is 11.7. The van der Waals surface area contributed by atoms with Gasteiger partial charge in [-0.2, -0.15) is 0 Å². The molecule has 1 amide bonds. The second kappa shape index (κ2) is 10.8. The fourth-order valence-corrected chi connectivity index (χ4v) is 5.04. The number of hydrogen-bond acceptors (Lipinski definition) is 6. The molecular weight excluding hydrogens is 460 g/mol. The zero-order chi connectivity index (χ0) is 24.0. The highest BCUT2D eigenvalue weighted by Crippen LogP contribution is 2.23. The predicted molar refractivity (Wildman–Crippen MR) is 137 cm³/mol. The number of hydrogen-bond donors (Lipinski definition) is 0. The molecule has 3 heterocycles. The number of carbonyl (C=O) groups excluding carboxylic acids is 1. The van der Waals surface area contributed by atoms with Gasteiger partial charge in [-0.25, -0.2) is 4.98 Å². The fraction of sp³-hybridized carbons (Fsp3) is 0.259. The second-order valence-electron chi connectivity index (χ2n) is 8.33. The first kappa shape index (κ1) is 23.3. The topological polar surface area (TPSA) is 77.3 Å². The summed E-state index contributed by atoms with van der Waals surface area (Å²) >= 11 is 1.48. The number of carbonyl (C=O) groups is 1. The van der Waals surface area contributed by atoms with Gasteiger partial charge in [0.2, 0.25) is 0 Å². The minimum absolute atomic E-state index is 0.0621. The van der Waals surface area contributed by atoms with Crippen molar-refractivity contribution in [2.75, 3.05) is 26.3 Å². The lowest BCUT2D eigenvalue weighted by Gasteiger charge is -2.26. The van der Waals surface area contributed by atoms with Crippen LogP contribution in [0.5, 0.6) is 0 Å². The molecule has 1 aliphatic heterocycles. The lowest BCUT2D eigenvalue weighted by molar-refractivity contribution is 0.0303. The molecule has 178 valence electrons. The Morgan fingerprint density at radius 3 is 2.57 bits per heavy atom. The molecule has 0 aliphatic carbocycles. The zero-order valence-electron chi connectivity index (χ0n) is 19.3. The highest BCUT2D eigenvalue weighted by Gasteiger charge is 2.20. The van der Waals surface area contributed by atoms with Crippen molar-refractivity contribution in [3.63, 3.8) is 0 Å². The van der Waals surface area contributed by atoms with E-state index < -0.39 is 0 Å². The average molecular weight is 487 g/mol. The van der Waals surface area contributed by atoms with Crippen LogP contribution in [0.25, 0.3) is 10.9 Å². The average Bonchev–Trinajstić information content (AvgIpc) is 2.92. The maximum absolute atomic E-state index is 13.5. The summed E-state index contributed by atoms with van der Waals surface area (Å²) in [7, 11) is 0. The summed E-state index contributed by atoms with van der Waals surface area (Å²) in [6, 6.07) is 21.1. The van der Waals surface area contributed by atoms with E-state index in [4.69, 9.17) is 9.72 Å². The van der Waals surface area contributed by atoms with Crippen molar-refractivity contribution in [1.82, 2.24) is 19.4 Å². The van der Waals surface area contributed by atoms with Crippen LogP contribution in [0, 0.1) is 0 Å². The molecule has 0 unspecified atom stereocenters. The fourth-order valence-electron chi connectivity index (χ4n) is 4.10. The molecule has 1 saturated heterocycles. The first-order valence-corrected chi connectivity index (χ1v) is 12.7. The van der Waals surface area contributed by atoms with Gasteiger partial charge in [0.05, 0.1) is 29.8 Å². The maximum Gasteiger partial charge on any atom is 0.262 e. The quantitative estimate of drug-likeness (QED) is 0.292. The predicted octanol–water partition coefficient (Wildman–Crippen LogP) is 3.80. The third kappa shape index (κ3) is 5.44. The van der Waals surface area contributed by atoms with E-state index in [9.17, 15) is 9.59 Å². The van der Waals surface area contributed by atoms with E-state index in [2.05, 4.69) is 17.1 Å². The molecule has 0 bridgehead atoms. The number of benzene rings is 2. The smallest absolute Gasteiger partial charge is 0.262 e. The molecule has 1 fully saturated rings. The molecular formula is C27H26N4O3S. The molecule has 1 aliphatic rings. The highest BCUT2D eigenvalue weighted by molar-refractivity contribution is 7.98. The second-order valence-corrected chi connectivity index (χ2v) is 9.28. The van der Waals surface area contributed by atoms with Crippen molar-refractivity contribution < 1.29 is 9.53 Å². The van der Waals surface area contributed by atoms with E-state index in [1.807, 2.05) is 36.4 Å². The highest BCUT2D eigenvalue weighted by atomic mass is 32.2. The minimum atomic E-state index is -0.0974. The molecule has 4 aromatic rings.